The second-order valence-corrected chi connectivity index (χ2v) is 4.82. The zero-order valence-electron chi connectivity index (χ0n) is 8.85. The molecule has 0 amide bonds. The molecule has 0 aromatic rings. The van der Waals surface area contributed by atoms with E-state index in [2.05, 4.69) is 13.8 Å². The summed E-state index contributed by atoms with van der Waals surface area (Å²) < 4.78 is 25.7. The molecule has 0 bridgehead atoms. The second kappa shape index (κ2) is 4.75. The molecule has 0 aliphatic heterocycles. The van der Waals surface area contributed by atoms with Crippen molar-refractivity contribution in [1.29, 1.82) is 0 Å². The molecule has 0 radical (unpaired) electrons. The first-order valence-corrected chi connectivity index (χ1v) is 5.00. The number of halogens is 3. The van der Waals surface area contributed by atoms with Crippen LogP contribution < -0.4 is 5.73 Å². The summed E-state index contributed by atoms with van der Waals surface area (Å²) in [4.78, 5) is 0. The Balaban J connectivity index is 0.00000169. The number of hydrogen-bond acceptors (Lipinski definition) is 1. The van der Waals surface area contributed by atoms with E-state index in [1.165, 1.54) is 0 Å². The Morgan fingerprint density at radius 2 is 1.57 bits per heavy atom. The summed E-state index contributed by atoms with van der Waals surface area (Å²) in [6, 6.07) is 0. The monoisotopic (exact) mass is 227 g/mol. The molecule has 0 spiro atoms. The van der Waals surface area contributed by atoms with Crippen LogP contribution in [-0.2, 0) is 0 Å². The van der Waals surface area contributed by atoms with Crippen molar-refractivity contribution in [3.8, 4) is 0 Å². The standard InChI is InChI=1S/C10H19F2N.ClH/c1-8(2)7-9(13)3-5-10(11,12)6-4-9;/h8H,3-7,13H2,1-2H3;1H. The van der Waals surface area contributed by atoms with Crippen LogP contribution in [0.4, 0.5) is 8.78 Å². The van der Waals surface area contributed by atoms with Crippen molar-refractivity contribution in [3.63, 3.8) is 0 Å². The Morgan fingerprint density at radius 1 is 1.14 bits per heavy atom. The molecule has 1 fully saturated rings. The Labute approximate surface area is 90.8 Å². The van der Waals surface area contributed by atoms with Gasteiger partial charge >= 0.3 is 0 Å². The molecule has 0 aromatic carbocycles. The van der Waals surface area contributed by atoms with Gasteiger partial charge in [-0.1, -0.05) is 13.8 Å². The van der Waals surface area contributed by atoms with Crippen LogP contribution in [0.25, 0.3) is 0 Å². The summed E-state index contributed by atoms with van der Waals surface area (Å²) in [5.74, 6) is -1.96. The third kappa shape index (κ3) is 4.09. The Bertz CT molecular complexity index is 173. The zero-order valence-corrected chi connectivity index (χ0v) is 9.67. The summed E-state index contributed by atoms with van der Waals surface area (Å²) in [6.07, 6.45) is 1.74. The predicted octanol–water partition coefficient (Wildman–Crippen LogP) is 3.36. The first-order chi connectivity index (χ1) is 5.83. The van der Waals surface area contributed by atoms with Gasteiger partial charge in [0.25, 0.3) is 0 Å². The molecule has 2 N–H and O–H groups in total. The maximum absolute atomic E-state index is 12.8. The van der Waals surface area contributed by atoms with E-state index < -0.39 is 5.92 Å². The molecule has 0 unspecified atom stereocenters. The molecule has 0 heterocycles. The average molecular weight is 228 g/mol. The van der Waals surface area contributed by atoms with Gasteiger partial charge in [0.2, 0.25) is 5.92 Å². The fourth-order valence-corrected chi connectivity index (χ4v) is 2.13. The normalized spacial score (nSPS) is 24.4. The quantitative estimate of drug-likeness (QED) is 0.769. The Hall–Kier alpha value is 0.110. The number of alkyl halides is 2. The molecule has 1 aliphatic carbocycles. The van der Waals surface area contributed by atoms with Crippen molar-refractivity contribution < 1.29 is 8.78 Å². The maximum atomic E-state index is 12.8. The van der Waals surface area contributed by atoms with E-state index in [4.69, 9.17) is 5.73 Å². The second-order valence-electron chi connectivity index (χ2n) is 4.82. The van der Waals surface area contributed by atoms with Crippen LogP contribution in [0, 0.1) is 5.92 Å². The highest BCUT2D eigenvalue weighted by Crippen LogP contribution is 2.39. The van der Waals surface area contributed by atoms with Crippen molar-refractivity contribution in [1.82, 2.24) is 0 Å². The fourth-order valence-electron chi connectivity index (χ4n) is 2.13. The molecule has 1 rings (SSSR count). The largest absolute Gasteiger partial charge is 0.325 e. The van der Waals surface area contributed by atoms with Crippen LogP contribution in [0.1, 0.15) is 46.0 Å². The highest BCUT2D eigenvalue weighted by Gasteiger charge is 2.41. The van der Waals surface area contributed by atoms with Crippen LogP contribution >= 0.6 is 12.4 Å². The number of hydrogen-bond donors (Lipinski definition) is 1. The first-order valence-electron chi connectivity index (χ1n) is 5.00. The Kier molecular flexibility index (Phi) is 4.79. The molecule has 1 saturated carbocycles. The molecule has 14 heavy (non-hydrogen) atoms. The van der Waals surface area contributed by atoms with Gasteiger partial charge in [0.05, 0.1) is 0 Å². The predicted molar refractivity (Wildman–Crippen MR) is 57.0 cm³/mol. The van der Waals surface area contributed by atoms with Gasteiger partial charge in [0, 0.05) is 18.4 Å². The summed E-state index contributed by atoms with van der Waals surface area (Å²) >= 11 is 0. The van der Waals surface area contributed by atoms with Crippen LogP contribution in [0.2, 0.25) is 0 Å². The molecule has 0 atom stereocenters. The van der Waals surface area contributed by atoms with E-state index in [0.717, 1.165) is 6.42 Å². The average Bonchev–Trinajstić information content (AvgIpc) is 1.95. The molecule has 0 aromatic heterocycles. The van der Waals surface area contributed by atoms with Gasteiger partial charge in [-0.3, -0.25) is 0 Å². The van der Waals surface area contributed by atoms with E-state index in [1.54, 1.807) is 0 Å². The minimum absolute atomic E-state index is 0. The van der Waals surface area contributed by atoms with Gasteiger partial charge in [-0.2, -0.15) is 0 Å². The lowest BCUT2D eigenvalue weighted by atomic mass is 9.76. The van der Waals surface area contributed by atoms with Crippen molar-refractivity contribution in [2.24, 2.45) is 11.7 Å². The highest BCUT2D eigenvalue weighted by molar-refractivity contribution is 5.85. The summed E-state index contributed by atoms with van der Waals surface area (Å²) in [5.41, 5.74) is 5.72. The topological polar surface area (TPSA) is 26.0 Å². The van der Waals surface area contributed by atoms with Crippen molar-refractivity contribution in [3.05, 3.63) is 0 Å². The van der Waals surface area contributed by atoms with Gasteiger partial charge in [0.15, 0.2) is 0 Å². The summed E-state index contributed by atoms with van der Waals surface area (Å²) in [7, 11) is 0. The lowest BCUT2D eigenvalue weighted by molar-refractivity contribution is -0.0529. The SMILES string of the molecule is CC(C)CC1(N)CCC(F)(F)CC1.Cl. The molecular formula is C10H20ClF2N. The molecule has 1 nitrogen and oxygen atoms in total. The third-order valence-electron chi connectivity index (χ3n) is 2.79. The van der Waals surface area contributed by atoms with Gasteiger partial charge in [-0.05, 0) is 25.2 Å². The smallest absolute Gasteiger partial charge is 0.248 e. The van der Waals surface area contributed by atoms with Crippen molar-refractivity contribution in [2.45, 2.75) is 57.4 Å². The van der Waals surface area contributed by atoms with Crippen LogP contribution in [-0.4, -0.2) is 11.5 Å². The van der Waals surface area contributed by atoms with Gasteiger partial charge in [-0.25, -0.2) is 8.78 Å². The lowest BCUT2D eigenvalue weighted by Gasteiger charge is -2.38. The third-order valence-corrected chi connectivity index (χ3v) is 2.79. The summed E-state index contributed by atoms with van der Waals surface area (Å²) in [5, 5.41) is 0. The zero-order chi connectivity index (χ0) is 10.1. The molecule has 86 valence electrons. The van der Waals surface area contributed by atoms with Crippen LogP contribution in [0.3, 0.4) is 0 Å². The molecule has 4 heteroatoms. The maximum Gasteiger partial charge on any atom is 0.248 e. The van der Waals surface area contributed by atoms with E-state index in [-0.39, 0.29) is 30.8 Å². The molecule has 1 aliphatic rings. The molecular weight excluding hydrogens is 208 g/mol. The van der Waals surface area contributed by atoms with E-state index in [0.29, 0.717) is 18.8 Å². The van der Waals surface area contributed by atoms with E-state index >= 15 is 0 Å². The van der Waals surface area contributed by atoms with E-state index in [1.807, 2.05) is 0 Å². The van der Waals surface area contributed by atoms with Crippen LogP contribution in [0.15, 0.2) is 0 Å². The lowest BCUT2D eigenvalue weighted by Crippen LogP contribution is -2.46. The number of rotatable bonds is 2. The van der Waals surface area contributed by atoms with Gasteiger partial charge in [0.1, 0.15) is 0 Å². The fraction of sp³-hybridized carbons (Fsp3) is 1.00. The van der Waals surface area contributed by atoms with Gasteiger partial charge in [-0.15, -0.1) is 12.4 Å². The number of nitrogens with two attached hydrogens (primary N) is 1. The molecule has 0 saturated heterocycles. The highest BCUT2D eigenvalue weighted by atomic mass is 35.5. The van der Waals surface area contributed by atoms with Crippen LogP contribution in [0.5, 0.6) is 0 Å². The minimum Gasteiger partial charge on any atom is -0.325 e. The van der Waals surface area contributed by atoms with Gasteiger partial charge < -0.3 is 5.73 Å². The van der Waals surface area contributed by atoms with Crippen molar-refractivity contribution in [2.75, 3.05) is 0 Å². The first kappa shape index (κ1) is 14.1. The Morgan fingerprint density at radius 3 is 1.93 bits per heavy atom. The minimum atomic E-state index is -2.46. The summed E-state index contributed by atoms with van der Waals surface area (Å²) in [6.45, 7) is 4.17. The van der Waals surface area contributed by atoms with Crippen molar-refractivity contribution >= 4 is 12.4 Å². The van der Waals surface area contributed by atoms with E-state index in [9.17, 15) is 8.78 Å².